The summed E-state index contributed by atoms with van der Waals surface area (Å²) in [6.07, 6.45) is 2.05. The molecule has 0 radical (unpaired) electrons. The lowest BCUT2D eigenvalue weighted by molar-refractivity contribution is -0.131. The van der Waals surface area contributed by atoms with Gasteiger partial charge in [0.15, 0.2) is 11.5 Å². The fourth-order valence-electron chi connectivity index (χ4n) is 2.48. The maximum absolute atomic E-state index is 12.1. The van der Waals surface area contributed by atoms with Gasteiger partial charge in [-0.25, -0.2) is 5.01 Å². The lowest BCUT2D eigenvalue weighted by Gasteiger charge is -2.16. The number of carbonyl (C=O) groups excluding carboxylic acids is 1. The standard InChI is InChI=1S/C17H24N2O4/c1-4-23-11-10-19-17(20)7-5-6-14(18-19)13-8-9-15(21-2)16(12-13)22-3/h8-9,12H,4-7,10-11H2,1-3H3. The number of carbonyl (C=O) groups is 1. The molecule has 0 aromatic heterocycles. The molecule has 126 valence electrons. The van der Waals surface area contributed by atoms with Gasteiger partial charge in [0.05, 0.1) is 33.1 Å². The van der Waals surface area contributed by atoms with Crippen LogP contribution in [0.1, 0.15) is 31.7 Å². The second kappa shape index (κ2) is 8.53. The second-order valence-electron chi connectivity index (χ2n) is 5.18. The average Bonchev–Trinajstić information content (AvgIpc) is 2.76. The van der Waals surface area contributed by atoms with Gasteiger partial charge in [0, 0.05) is 18.6 Å². The Balaban J connectivity index is 2.24. The molecule has 0 N–H and O–H groups in total. The van der Waals surface area contributed by atoms with Crippen LogP contribution < -0.4 is 9.47 Å². The van der Waals surface area contributed by atoms with Gasteiger partial charge in [-0.1, -0.05) is 0 Å². The van der Waals surface area contributed by atoms with E-state index in [0.29, 0.717) is 37.7 Å². The van der Waals surface area contributed by atoms with Crippen LogP contribution in [0.2, 0.25) is 0 Å². The number of methoxy groups -OCH3 is 2. The van der Waals surface area contributed by atoms with Gasteiger partial charge < -0.3 is 14.2 Å². The van der Waals surface area contributed by atoms with Crippen LogP contribution in [-0.2, 0) is 9.53 Å². The third-order valence-corrected chi connectivity index (χ3v) is 3.70. The number of rotatable bonds is 7. The molecule has 0 fully saturated rings. The summed E-state index contributed by atoms with van der Waals surface area (Å²) in [5.41, 5.74) is 1.83. The number of amides is 1. The van der Waals surface area contributed by atoms with Gasteiger partial charge >= 0.3 is 0 Å². The van der Waals surface area contributed by atoms with Crippen molar-refractivity contribution in [3.63, 3.8) is 0 Å². The Morgan fingerprint density at radius 2 is 1.96 bits per heavy atom. The van der Waals surface area contributed by atoms with Crippen molar-refractivity contribution in [3.05, 3.63) is 23.8 Å². The van der Waals surface area contributed by atoms with Crippen molar-refractivity contribution in [1.82, 2.24) is 5.01 Å². The molecule has 1 aliphatic heterocycles. The highest BCUT2D eigenvalue weighted by Crippen LogP contribution is 2.29. The zero-order valence-electron chi connectivity index (χ0n) is 14.0. The average molecular weight is 320 g/mol. The summed E-state index contributed by atoms with van der Waals surface area (Å²) in [5, 5.41) is 6.08. The highest BCUT2D eigenvalue weighted by molar-refractivity contribution is 6.02. The molecule has 1 heterocycles. The van der Waals surface area contributed by atoms with Crippen molar-refractivity contribution in [1.29, 1.82) is 0 Å². The van der Waals surface area contributed by atoms with Crippen molar-refractivity contribution >= 4 is 11.6 Å². The minimum Gasteiger partial charge on any atom is -0.493 e. The van der Waals surface area contributed by atoms with E-state index in [1.165, 1.54) is 5.01 Å². The second-order valence-corrected chi connectivity index (χ2v) is 5.18. The van der Waals surface area contributed by atoms with E-state index in [0.717, 1.165) is 24.1 Å². The predicted molar refractivity (Wildman–Crippen MR) is 88.1 cm³/mol. The number of hydrogen-bond donors (Lipinski definition) is 0. The van der Waals surface area contributed by atoms with Crippen LogP contribution in [-0.4, -0.2) is 50.6 Å². The van der Waals surface area contributed by atoms with Gasteiger partial charge in [0.25, 0.3) is 0 Å². The molecule has 0 saturated carbocycles. The molecular formula is C17H24N2O4. The van der Waals surface area contributed by atoms with E-state index in [2.05, 4.69) is 5.10 Å². The molecule has 1 aromatic carbocycles. The first kappa shape index (κ1) is 17.3. The van der Waals surface area contributed by atoms with Crippen molar-refractivity contribution < 1.29 is 19.0 Å². The monoisotopic (exact) mass is 320 g/mol. The quantitative estimate of drug-likeness (QED) is 0.724. The summed E-state index contributed by atoms with van der Waals surface area (Å²) < 4.78 is 15.9. The molecule has 1 aromatic rings. The molecule has 0 spiro atoms. The number of hydrazone groups is 1. The van der Waals surface area contributed by atoms with Crippen LogP contribution in [0.4, 0.5) is 0 Å². The third kappa shape index (κ3) is 4.45. The van der Waals surface area contributed by atoms with Gasteiger partial charge in [0.2, 0.25) is 5.91 Å². The topological polar surface area (TPSA) is 60.4 Å². The van der Waals surface area contributed by atoms with Gasteiger partial charge in [-0.2, -0.15) is 5.10 Å². The van der Waals surface area contributed by atoms with E-state index in [1.54, 1.807) is 14.2 Å². The molecule has 0 unspecified atom stereocenters. The highest BCUT2D eigenvalue weighted by Gasteiger charge is 2.19. The molecule has 0 atom stereocenters. The van der Waals surface area contributed by atoms with Crippen molar-refractivity contribution in [2.75, 3.05) is 34.0 Å². The summed E-state index contributed by atoms with van der Waals surface area (Å²) in [6, 6.07) is 5.69. The number of hydrogen-bond acceptors (Lipinski definition) is 5. The number of ether oxygens (including phenoxy) is 3. The Hall–Kier alpha value is -2.08. The molecule has 0 saturated heterocycles. The van der Waals surface area contributed by atoms with Crippen LogP contribution in [0, 0.1) is 0 Å². The molecular weight excluding hydrogens is 296 g/mol. The molecule has 0 bridgehead atoms. The van der Waals surface area contributed by atoms with Crippen LogP contribution >= 0.6 is 0 Å². The van der Waals surface area contributed by atoms with E-state index >= 15 is 0 Å². The molecule has 6 nitrogen and oxygen atoms in total. The Kier molecular flexibility index (Phi) is 6.40. The van der Waals surface area contributed by atoms with Crippen molar-refractivity contribution in [2.24, 2.45) is 5.10 Å². The zero-order chi connectivity index (χ0) is 16.7. The third-order valence-electron chi connectivity index (χ3n) is 3.70. The lowest BCUT2D eigenvalue weighted by Crippen LogP contribution is -2.29. The molecule has 1 aliphatic rings. The maximum Gasteiger partial charge on any atom is 0.242 e. The van der Waals surface area contributed by atoms with Crippen LogP contribution in [0.5, 0.6) is 11.5 Å². The van der Waals surface area contributed by atoms with E-state index in [9.17, 15) is 4.79 Å². The Morgan fingerprint density at radius 1 is 1.17 bits per heavy atom. The molecule has 6 heteroatoms. The summed E-state index contributed by atoms with van der Waals surface area (Å²) >= 11 is 0. The van der Waals surface area contributed by atoms with Crippen molar-refractivity contribution in [2.45, 2.75) is 26.2 Å². The fraction of sp³-hybridized carbons (Fsp3) is 0.529. The largest absolute Gasteiger partial charge is 0.493 e. The Morgan fingerprint density at radius 3 is 2.65 bits per heavy atom. The summed E-state index contributed by atoms with van der Waals surface area (Å²) in [4.78, 5) is 12.1. The maximum atomic E-state index is 12.1. The minimum atomic E-state index is 0.0418. The smallest absolute Gasteiger partial charge is 0.242 e. The van der Waals surface area contributed by atoms with Gasteiger partial charge in [-0.05, 0) is 38.0 Å². The van der Waals surface area contributed by atoms with Crippen LogP contribution in [0.3, 0.4) is 0 Å². The molecule has 2 rings (SSSR count). The van der Waals surface area contributed by atoms with Crippen molar-refractivity contribution in [3.8, 4) is 11.5 Å². The molecule has 1 amide bonds. The van der Waals surface area contributed by atoms with E-state index in [4.69, 9.17) is 14.2 Å². The fourth-order valence-corrected chi connectivity index (χ4v) is 2.48. The number of nitrogens with zero attached hydrogens (tertiary/aromatic N) is 2. The van der Waals surface area contributed by atoms with E-state index < -0.39 is 0 Å². The van der Waals surface area contributed by atoms with Gasteiger partial charge in [0.1, 0.15) is 0 Å². The minimum absolute atomic E-state index is 0.0418. The normalized spacial score (nSPS) is 15.2. The van der Waals surface area contributed by atoms with E-state index in [1.807, 2.05) is 25.1 Å². The molecule has 23 heavy (non-hydrogen) atoms. The zero-order valence-corrected chi connectivity index (χ0v) is 14.0. The molecule has 0 aliphatic carbocycles. The summed E-state index contributed by atoms with van der Waals surface area (Å²) in [5.74, 6) is 1.37. The first-order valence-electron chi connectivity index (χ1n) is 7.87. The Labute approximate surface area is 137 Å². The first-order valence-corrected chi connectivity index (χ1v) is 7.87. The van der Waals surface area contributed by atoms with Gasteiger partial charge in [-0.3, -0.25) is 4.79 Å². The van der Waals surface area contributed by atoms with Crippen LogP contribution in [0.25, 0.3) is 0 Å². The van der Waals surface area contributed by atoms with Gasteiger partial charge in [-0.15, -0.1) is 0 Å². The summed E-state index contributed by atoms with van der Waals surface area (Å²) in [7, 11) is 3.21. The SMILES string of the molecule is CCOCCN1N=C(c2ccc(OC)c(OC)c2)CCCC1=O. The Bertz CT molecular complexity index is 572. The summed E-state index contributed by atoms with van der Waals surface area (Å²) in [6.45, 7) is 3.53. The van der Waals surface area contributed by atoms with Crippen LogP contribution in [0.15, 0.2) is 23.3 Å². The van der Waals surface area contributed by atoms with E-state index in [-0.39, 0.29) is 5.91 Å². The first-order chi connectivity index (χ1) is 11.2. The highest BCUT2D eigenvalue weighted by atomic mass is 16.5. The lowest BCUT2D eigenvalue weighted by atomic mass is 10.0. The predicted octanol–water partition coefficient (Wildman–Crippen LogP) is 2.46. The number of benzene rings is 1.